The number of rotatable bonds is 6. The maximum atomic E-state index is 12.4. The first-order valence-electron chi connectivity index (χ1n) is 8.53. The van der Waals surface area contributed by atoms with Crippen LogP contribution in [0.25, 0.3) is 0 Å². The van der Waals surface area contributed by atoms with Gasteiger partial charge in [0, 0.05) is 20.1 Å². The van der Waals surface area contributed by atoms with Crippen molar-refractivity contribution in [2.75, 3.05) is 25.5 Å². The van der Waals surface area contributed by atoms with Crippen LogP contribution in [-0.2, 0) is 16.1 Å². The van der Waals surface area contributed by atoms with E-state index in [0.29, 0.717) is 18.8 Å². The lowest BCUT2D eigenvalue weighted by Gasteiger charge is -2.20. The van der Waals surface area contributed by atoms with Gasteiger partial charge in [-0.1, -0.05) is 30.3 Å². The summed E-state index contributed by atoms with van der Waals surface area (Å²) in [6.45, 7) is 1.49. The van der Waals surface area contributed by atoms with Gasteiger partial charge in [0.25, 0.3) is 5.91 Å². The van der Waals surface area contributed by atoms with Crippen LogP contribution in [0.3, 0.4) is 0 Å². The first-order valence-corrected chi connectivity index (χ1v) is 8.53. The van der Waals surface area contributed by atoms with Crippen molar-refractivity contribution in [3.8, 4) is 0 Å². The minimum absolute atomic E-state index is 0.0917. The highest BCUT2D eigenvalue weighted by Crippen LogP contribution is 2.18. The van der Waals surface area contributed by atoms with Gasteiger partial charge in [-0.2, -0.15) is 0 Å². The Morgan fingerprint density at radius 3 is 2.69 bits per heavy atom. The van der Waals surface area contributed by atoms with E-state index in [2.05, 4.69) is 20.9 Å². The Labute approximate surface area is 152 Å². The number of benzene rings is 1. The molecule has 1 aliphatic heterocycles. The van der Waals surface area contributed by atoms with Gasteiger partial charge in [-0.15, -0.1) is 0 Å². The molecule has 26 heavy (non-hydrogen) atoms. The molecule has 2 atom stereocenters. The zero-order chi connectivity index (χ0) is 18.4. The van der Waals surface area contributed by atoms with E-state index in [-0.39, 0.29) is 30.4 Å². The largest absolute Gasteiger partial charge is 0.461 e. The summed E-state index contributed by atoms with van der Waals surface area (Å²) >= 11 is 0. The zero-order valence-electron chi connectivity index (χ0n) is 14.6. The monoisotopic (exact) mass is 354 g/mol. The van der Waals surface area contributed by atoms with Crippen LogP contribution in [-0.4, -0.2) is 43.0 Å². The Morgan fingerprint density at radius 2 is 2.00 bits per heavy atom. The van der Waals surface area contributed by atoms with Crippen molar-refractivity contribution in [1.82, 2.24) is 15.6 Å². The van der Waals surface area contributed by atoms with Gasteiger partial charge in [0.2, 0.25) is 0 Å². The maximum absolute atomic E-state index is 12.4. The average Bonchev–Trinajstić information content (AvgIpc) is 3.15. The highest BCUT2D eigenvalue weighted by molar-refractivity contribution is 5.92. The number of carbonyl (C=O) groups excluding carboxylic acids is 2. The lowest BCUT2D eigenvalue weighted by atomic mass is 10.0. The van der Waals surface area contributed by atoms with Crippen LogP contribution in [0.5, 0.6) is 0 Å². The molecule has 136 valence electrons. The Balaban J connectivity index is 1.57. The minimum atomic E-state index is -0.280. The first-order chi connectivity index (χ1) is 12.7. The van der Waals surface area contributed by atoms with Crippen molar-refractivity contribution in [2.45, 2.75) is 12.6 Å². The third-order valence-electron chi connectivity index (χ3n) is 4.32. The van der Waals surface area contributed by atoms with E-state index >= 15 is 0 Å². The fourth-order valence-electron chi connectivity index (χ4n) is 2.87. The fraction of sp³-hybridized carbons (Fsp3) is 0.316. The molecule has 2 heterocycles. The molecule has 7 nitrogen and oxygen atoms in total. The predicted molar refractivity (Wildman–Crippen MR) is 97.6 cm³/mol. The van der Waals surface area contributed by atoms with Gasteiger partial charge in [-0.3, -0.25) is 9.59 Å². The van der Waals surface area contributed by atoms with Crippen LogP contribution in [0.15, 0.2) is 48.7 Å². The second-order valence-electron chi connectivity index (χ2n) is 6.12. The molecule has 0 saturated carbocycles. The molecule has 1 aromatic heterocycles. The molecular weight excluding hydrogens is 332 g/mol. The summed E-state index contributed by atoms with van der Waals surface area (Å²) in [5, 5.41) is 9.04. The molecule has 1 unspecified atom stereocenters. The average molecular weight is 354 g/mol. The number of hydrogen-bond donors (Lipinski definition) is 3. The second-order valence-corrected chi connectivity index (χ2v) is 6.12. The maximum Gasteiger partial charge on any atom is 0.312 e. The number of hydrogen-bond acceptors (Lipinski definition) is 6. The second kappa shape index (κ2) is 8.44. The van der Waals surface area contributed by atoms with Gasteiger partial charge < -0.3 is 20.7 Å². The van der Waals surface area contributed by atoms with Crippen molar-refractivity contribution < 1.29 is 14.3 Å². The number of amides is 1. The van der Waals surface area contributed by atoms with Crippen LogP contribution in [0.2, 0.25) is 0 Å². The van der Waals surface area contributed by atoms with E-state index in [0.717, 1.165) is 11.3 Å². The van der Waals surface area contributed by atoms with Crippen molar-refractivity contribution in [3.05, 3.63) is 59.9 Å². The molecule has 1 aliphatic rings. The first kappa shape index (κ1) is 17.9. The van der Waals surface area contributed by atoms with Gasteiger partial charge in [-0.05, 0) is 17.7 Å². The third kappa shape index (κ3) is 4.37. The lowest BCUT2D eigenvalue weighted by Crippen LogP contribution is -2.34. The molecule has 1 saturated heterocycles. The number of anilines is 1. The molecule has 0 radical (unpaired) electrons. The molecule has 1 fully saturated rings. The normalized spacial score (nSPS) is 19.0. The summed E-state index contributed by atoms with van der Waals surface area (Å²) in [7, 11) is 1.56. The topological polar surface area (TPSA) is 92.4 Å². The van der Waals surface area contributed by atoms with Crippen molar-refractivity contribution in [1.29, 1.82) is 0 Å². The van der Waals surface area contributed by atoms with E-state index < -0.39 is 0 Å². The summed E-state index contributed by atoms with van der Waals surface area (Å²) in [4.78, 5) is 28.1. The van der Waals surface area contributed by atoms with E-state index in [1.807, 2.05) is 30.3 Å². The molecule has 3 rings (SSSR count). The molecule has 1 amide bonds. The number of nitrogens with one attached hydrogen (secondary N) is 3. The Kier molecular flexibility index (Phi) is 5.80. The Morgan fingerprint density at radius 1 is 1.19 bits per heavy atom. The van der Waals surface area contributed by atoms with Crippen LogP contribution < -0.4 is 16.0 Å². The van der Waals surface area contributed by atoms with Gasteiger partial charge in [0.1, 0.15) is 12.3 Å². The highest BCUT2D eigenvalue weighted by atomic mass is 16.5. The van der Waals surface area contributed by atoms with Crippen molar-refractivity contribution in [2.24, 2.45) is 5.92 Å². The van der Waals surface area contributed by atoms with Crippen LogP contribution in [0.4, 0.5) is 5.69 Å². The van der Waals surface area contributed by atoms with Gasteiger partial charge >= 0.3 is 5.97 Å². The number of pyridine rings is 1. The van der Waals surface area contributed by atoms with Crippen LogP contribution >= 0.6 is 0 Å². The molecule has 0 aliphatic carbocycles. The van der Waals surface area contributed by atoms with E-state index in [1.165, 1.54) is 0 Å². The molecule has 2 aromatic rings. The minimum Gasteiger partial charge on any atom is -0.461 e. The molecule has 7 heteroatoms. The molecule has 1 aromatic carbocycles. The Bertz CT molecular complexity index is 749. The highest BCUT2D eigenvalue weighted by Gasteiger charge is 2.34. The summed E-state index contributed by atoms with van der Waals surface area (Å²) in [5.41, 5.74) is 2.07. The van der Waals surface area contributed by atoms with E-state index in [9.17, 15) is 9.59 Å². The molecule has 0 bridgehead atoms. The van der Waals surface area contributed by atoms with Crippen LogP contribution in [0.1, 0.15) is 16.1 Å². The predicted octanol–water partition coefficient (Wildman–Crippen LogP) is 1.18. The molecule has 0 spiro atoms. The zero-order valence-corrected chi connectivity index (χ0v) is 14.6. The standard InChI is InChI=1S/C19H22N4O3/c1-20-18(24)16-8-7-14(9-22-16)23-17-11-21-10-15(17)19(25)26-12-13-5-3-2-4-6-13/h2-9,15,17,21,23H,10-12H2,1H3,(H,20,24)/t15?,17-/m0/s1. The van der Waals surface area contributed by atoms with Gasteiger partial charge in [0.05, 0.1) is 23.8 Å². The number of esters is 1. The molecular formula is C19H22N4O3. The van der Waals surface area contributed by atoms with Gasteiger partial charge in [0.15, 0.2) is 0 Å². The summed E-state index contributed by atoms with van der Waals surface area (Å²) in [6, 6.07) is 12.9. The molecule has 3 N–H and O–H groups in total. The number of carbonyl (C=O) groups is 2. The lowest BCUT2D eigenvalue weighted by molar-refractivity contribution is -0.149. The summed E-state index contributed by atoms with van der Waals surface area (Å²) in [6.07, 6.45) is 1.59. The van der Waals surface area contributed by atoms with Gasteiger partial charge in [-0.25, -0.2) is 4.98 Å². The number of aromatic nitrogens is 1. The third-order valence-corrected chi connectivity index (χ3v) is 4.32. The van der Waals surface area contributed by atoms with Crippen molar-refractivity contribution in [3.63, 3.8) is 0 Å². The van der Waals surface area contributed by atoms with Crippen LogP contribution in [0, 0.1) is 5.92 Å². The van der Waals surface area contributed by atoms with Crippen molar-refractivity contribution >= 4 is 17.6 Å². The number of nitrogens with zero attached hydrogens (tertiary/aromatic N) is 1. The Hall–Kier alpha value is -2.93. The quantitative estimate of drug-likeness (QED) is 0.675. The SMILES string of the molecule is CNC(=O)c1ccc(N[C@H]2CNCC2C(=O)OCc2ccccc2)cn1. The summed E-state index contributed by atoms with van der Waals surface area (Å²) in [5.74, 6) is -0.745. The summed E-state index contributed by atoms with van der Waals surface area (Å²) < 4.78 is 5.46. The van der Waals surface area contributed by atoms with E-state index in [1.54, 1.807) is 25.4 Å². The fourth-order valence-corrected chi connectivity index (χ4v) is 2.87. The smallest absolute Gasteiger partial charge is 0.312 e. The number of ether oxygens (including phenoxy) is 1. The van der Waals surface area contributed by atoms with E-state index in [4.69, 9.17) is 4.74 Å².